The molecule has 0 aromatic heterocycles. The molecule has 0 unspecified atom stereocenters. The molecule has 0 aliphatic carbocycles. The van der Waals surface area contributed by atoms with E-state index in [2.05, 4.69) is 10.6 Å². The summed E-state index contributed by atoms with van der Waals surface area (Å²) >= 11 is 0. The molecule has 1 aliphatic heterocycles. The number of likely N-dealkylation sites (N-methyl/N-ethyl adjacent to an activating group) is 1. The van der Waals surface area contributed by atoms with Crippen molar-refractivity contribution < 1.29 is 14.4 Å². The fourth-order valence-corrected chi connectivity index (χ4v) is 3.19. The number of anilines is 1. The van der Waals surface area contributed by atoms with Crippen LogP contribution in [0.1, 0.15) is 33.6 Å². The lowest BCUT2D eigenvalue weighted by Crippen LogP contribution is -2.49. The van der Waals surface area contributed by atoms with E-state index in [1.54, 1.807) is 7.05 Å². The predicted octanol–water partition coefficient (Wildman–Crippen LogP) is 1.71. The first kappa shape index (κ1) is 21.9. The van der Waals surface area contributed by atoms with Crippen molar-refractivity contribution in [1.29, 1.82) is 0 Å². The van der Waals surface area contributed by atoms with E-state index in [1.807, 2.05) is 56.0 Å². The van der Waals surface area contributed by atoms with Crippen LogP contribution in [0.25, 0.3) is 0 Å². The number of hydrogen-bond donors (Lipinski definition) is 2. The number of piperidine rings is 1. The maximum atomic E-state index is 12.4. The molecule has 7 heteroatoms. The van der Waals surface area contributed by atoms with Gasteiger partial charge in [0.05, 0.1) is 13.1 Å². The van der Waals surface area contributed by atoms with E-state index in [0.29, 0.717) is 13.1 Å². The Bertz CT molecular complexity index is 677. The maximum Gasteiger partial charge on any atom is 0.240 e. The van der Waals surface area contributed by atoms with Crippen LogP contribution in [0.3, 0.4) is 0 Å². The molecule has 0 atom stereocenters. The number of benzene rings is 1. The number of hydrogen-bond acceptors (Lipinski definition) is 4. The van der Waals surface area contributed by atoms with Gasteiger partial charge >= 0.3 is 0 Å². The van der Waals surface area contributed by atoms with Crippen molar-refractivity contribution in [2.24, 2.45) is 5.92 Å². The maximum absolute atomic E-state index is 12.4. The highest BCUT2D eigenvalue weighted by molar-refractivity contribution is 5.92. The lowest BCUT2D eigenvalue weighted by molar-refractivity contribution is -0.136. The van der Waals surface area contributed by atoms with Gasteiger partial charge in [0.2, 0.25) is 17.7 Å². The van der Waals surface area contributed by atoms with Crippen LogP contribution in [0.4, 0.5) is 5.69 Å². The molecule has 1 heterocycles. The lowest BCUT2D eigenvalue weighted by atomic mass is 9.95. The van der Waals surface area contributed by atoms with Crippen LogP contribution in [0.5, 0.6) is 0 Å². The second-order valence-corrected chi connectivity index (χ2v) is 8.45. The highest BCUT2D eigenvalue weighted by Crippen LogP contribution is 2.19. The minimum absolute atomic E-state index is 0.0353. The van der Waals surface area contributed by atoms with Gasteiger partial charge in [-0.15, -0.1) is 0 Å². The van der Waals surface area contributed by atoms with E-state index in [4.69, 9.17) is 0 Å². The molecule has 3 amide bonds. The number of carbonyl (C=O) groups excluding carboxylic acids is 3. The van der Waals surface area contributed by atoms with Crippen molar-refractivity contribution in [3.8, 4) is 0 Å². The Morgan fingerprint density at radius 3 is 2.29 bits per heavy atom. The second kappa shape index (κ2) is 9.68. The monoisotopic (exact) mass is 388 g/mol. The van der Waals surface area contributed by atoms with E-state index in [1.165, 1.54) is 4.90 Å². The zero-order valence-corrected chi connectivity index (χ0v) is 17.3. The average Bonchev–Trinajstić information content (AvgIpc) is 2.61. The number of rotatable bonds is 6. The van der Waals surface area contributed by atoms with Crippen LogP contribution >= 0.6 is 0 Å². The molecule has 7 nitrogen and oxygen atoms in total. The first-order chi connectivity index (χ1) is 13.1. The highest BCUT2D eigenvalue weighted by atomic mass is 16.2. The van der Waals surface area contributed by atoms with Crippen LogP contribution in [0, 0.1) is 5.92 Å². The summed E-state index contributed by atoms with van der Waals surface area (Å²) in [6, 6.07) is 9.44. The molecular formula is C21H32N4O3. The molecule has 1 fully saturated rings. The van der Waals surface area contributed by atoms with E-state index in [9.17, 15) is 14.4 Å². The van der Waals surface area contributed by atoms with E-state index in [-0.39, 0.29) is 42.3 Å². The van der Waals surface area contributed by atoms with Crippen LogP contribution in [0.2, 0.25) is 0 Å². The molecule has 154 valence electrons. The summed E-state index contributed by atoms with van der Waals surface area (Å²) in [5, 5.41) is 5.80. The third-order valence-electron chi connectivity index (χ3n) is 4.68. The van der Waals surface area contributed by atoms with Crippen molar-refractivity contribution in [1.82, 2.24) is 15.1 Å². The Morgan fingerprint density at radius 2 is 1.71 bits per heavy atom. The number of nitrogens with one attached hydrogen (secondary N) is 2. The predicted molar refractivity (Wildman–Crippen MR) is 110 cm³/mol. The van der Waals surface area contributed by atoms with Gasteiger partial charge in [-0.05, 0) is 58.8 Å². The van der Waals surface area contributed by atoms with E-state index < -0.39 is 0 Å². The van der Waals surface area contributed by atoms with Gasteiger partial charge in [0.1, 0.15) is 0 Å². The lowest BCUT2D eigenvalue weighted by Gasteiger charge is -2.32. The van der Waals surface area contributed by atoms with Crippen molar-refractivity contribution in [2.45, 2.75) is 39.2 Å². The van der Waals surface area contributed by atoms with E-state index >= 15 is 0 Å². The largest absolute Gasteiger partial charge is 0.350 e. The Morgan fingerprint density at radius 1 is 1.11 bits per heavy atom. The number of carbonyl (C=O) groups is 3. The first-order valence-electron chi connectivity index (χ1n) is 9.77. The molecule has 28 heavy (non-hydrogen) atoms. The summed E-state index contributed by atoms with van der Waals surface area (Å²) in [4.78, 5) is 40.3. The van der Waals surface area contributed by atoms with Gasteiger partial charge in [0, 0.05) is 24.2 Å². The number of para-hydroxylation sites is 1. The van der Waals surface area contributed by atoms with E-state index in [0.717, 1.165) is 18.5 Å². The van der Waals surface area contributed by atoms with Crippen LogP contribution in [-0.2, 0) is 14.4 Å². The molecule has 1 aromatic carbocycles. The Kier molecular flexibility index (Phi) is 7.57. The molecule has 0 radical (unpaired) electrons. The third kappa shape index (κ3) is 7.31. The van der Waals surface area contributed by atoms with Crippen LogP contribution in [0.15, 0.2) is 30.3 Å². The zero-order chi connectivity index (χ0) is 20.7. The van der Waals surface area contributed by atoms with Gasteiger partial charge in [-0.25, -0.2) is 0 Å². The van der Waals surface area contributed by atoms with Gasteiger partial charge in [0.25, 0.3) is 0 Å². The Labute approximate surface area is 167 Å². The quantitative estimate of drug-likeness (QED) is 0.777. The molecule has 0 spiro atoms. The molecule has 1 aromatic rings. The topological polar surface area (TPSA) is 81.8 Å². The average molecular weight is 389 g/mol. The van der Waals surface area contributed by atoms with Crippen molar-refractivity contribution in [2.75, 3.05) is 38.5 Å². The fraction of sp³-hybridized carbons (Fsp3) is 0.571. The minimum Gasteiger partial charge on any atom is -0.350 e. The fourth-order valence-electron chi connectivity index (χ4n) is 3.19. The van der Waals surface area contributed by atoms with Gasteiger partial charge in [-0.1, -0.05) is 18.2 Å². The standard InChI is InChI=1S/C21H32N4O3/c1-21(2,3)23-18(26)14-24(4)19(27)15-25-12-10-16(11-13-25)20(28)22-17-8-6-5-7-9-17/h5-9,16H,10-15H2,1-4H3,(H,22,28)(H,23,26). The molecule has 2 N–H and O–H groups in total. The number of amides is 3. The summed E-state index contributed by atoms with van der Waals surface area (Å²) < 4.78 is 0. The molecule has 1 saturated heterocycles. The number of likely N-dealkylation sites (tertiary alicyclic amines) is 1. The van der Waals surface area contributed by atoms with Crippen LogP contribution < -0.4 is 10.6 Å². The summed E-state index contributed by atoms with van der Waals surface area (Å²) in [6.45, 7) is 7.43. The Balaban J connectivity index is 1.73. The number of nitrogens with zero attached hydrogens (tertiary/aromatic N) is 2. The first-order valence-corrected chi connectivity index (χ1v) is 9.77. The third-order valence-corrected chi connectivity index (χ3v) is 4.68. The summed E-state index contributed by atoms with van der Waals surface area (Å²) in [7, 11) is 1.64. The minimum atomic E-state index is -0.316. The summed E-state index contributed by atoms with van der Waals surface area (Å²) in [5.74, 6) is -0.258. The smallest absolute Gasteiger partial charge is 0.240 e. The summed E-state index contributed by atoms with van der Waals surface area (Å²) in [6.07, 6.45) is 1.44. The molecule has 0 bridgehead atoms. The zero-order valence-electron chi connectivity index (χ0n) is 17.3. The van der Waals surface area contributed by atoms with Gasteiger partial charge in [0.15, 0.2) is 0 Å². The normalized spacial score (nSPS) is 15.7. The van der Waals surface area contributed by atoms with Crippen molar-refractivity contribution >= 4 is 23.4 Å². The molecular weight excluding hydrogens is 356 g/mol. The van der Waals surface area contributed by atoms with Gasteiger partial charge in [-0.2, -0.15) is 0 Å². The molecule has 1 aliphatic rings. The van der Waals surface area contributed by atoms with Crippen molar-refractivity contribution in [3.63, 3.8) is 0 Å². The molecule has 0 saturated carbocycles. The highest BCUT2D eigenvalue weighted by Gasteiger charge is 2.27. The SMILES string of the molecule is CN(CC(=O)NC(C)(C)C)C(=O)CN1CCC(C(=O)Nc2ccccc2)CC1. The Hall–Kier alpha value is -2.41. The van der Waals surface area contributed by atoms with Gasteiger partial charge in [-0.3, -0.25) is 19.3 Å². The van der Waals surface area contributed by atoms with Gasteiger partial charge < -0.3 is 15.5 Å². The van der Waals surface area contributed by atoms with Crippen LogP contribution in [-0.4, -0.2) is 66.3 Å². The summed E-state index contributed by atoms with van der Waals surface area (Å²) in [5.41, 5.74) is 0.490. The second-order valence-electron chi connectivity index (χ2n) is 8.45. The molecule has 2 rings (SSSR count). The van der Waals surface area contributed by atoms with Crippen molar-refractivity contribution in [3.05, 3.63) is 30.3 Å².